The third kappa shape index (κ3) is 3.55. The number of carbonyl (C=O) groups excluding carboxylic acids is 1. The minimum atomic E-state index is -0.235. The van der Waals surface area contributed by atoms with Crippen LogP contribution in [-0.2, 0) is 6.54 Å². The number of para-hydroxylation sites is 1. The van der Waals surface area contributed by atoms with E-state index in [1.54, 1.807) is 16.6 Å². The van der Waals surface area contributed by atoms with Crippen LogP contribution in [-0.4, -0.2) is 32.9 Å². The Bertz CT molecular complexity index is 863. The first-order chi connectivity index (χ1) is 12.0. The Kier molecular flexibility index (Phi) is 4.56. The number of nitrogens with zero attached hydrogens (tertiary/aromatic N) is 4. The van der Waals surface area contributed by atoms with Crippen LogP contribution in [0.5, 0.6) is 0 Å². The molecule has 0 fully saturated rings. The lowest BCUT2D eigenvalue weighted by molar-refractivity contribution is 0.220. The van der Waals surface area contributed by atoms with Gasteiger partial charge >= 0.3 is 6.03 Å². The molecule has 25 heavy (non-hydrogen) atoms. The van der Waals surface area contributed by atoms with E-state index in [0.29, 0.717) is 12.4 Å². The lowest BCUT2D eigenvalue weighted by atomic mass is 10.2. The summed E-state index contributed by atoms with van der Waals surface area (Å²) in [4.78, 5) is 14.1. The molecule has 0 radical (unpaired) electrons. The van der Waals surface area contributed by atoms with Gasteiger partial charge in [-0.3, -0.25) is 5.32 Å². The molecule has 0 aliphatic heterocycles. The zero-order valence-electron chi connectivity index (χ0n) is 14.8. The molecular formula is C18H21N5O2. The maximum atomic E-state index is 12.5. The van der Waals surface area contributed by atoms with Gasteiger partial charge in [-0.15, -0.1) is 5.10 Å². The van der Waals surface area contributed by atoms with Gasteiger partial charge in [0.25, 0.3) is 0 Å². The molecule has 0 saturated heterocycles. The molecule has 1 N–H and O–H groups in total. The Labute approximate surface area is 146 Å². The minimum absolute atomic E-state index is 0.235. The van der Waals surface area contributed by atoms with Crippen LogP contribution < -0.4 is 5.32 Å². The Morgan fingerprint density at radius 1 is 1.24 bits per heavy atom. The quantitative estimate of drug-likeness (QED) is 0.790. The summed E-state index contributed by atoms with van der Waals surface area (Å²) in [5, 5.41) is 11.2. The average Bonchev–Trinajstić information content (AvgIpc) is 3.12. The van der Waals surface area contributed by atoms with Crippen LogP contribution >= 0.6 is 0 Å². The van der Waals surface area contributed by atoms with Crippen molar-refractivity contribution >= 4 is 11.8 Å². The molecule has 0 aliphatic rings. The molecule has 0 aliphatic carbocycles. The van der Waals surface area contributed by atoms with Gasteiger partial charge in [-0.1, -0.05) is 23.4 Å². The molecule has 7 nitrogen and oxygen atoms in total. The van der Waals surface area contributed by atoms with E-state index in [1.165, 1.54) is 0 Å². The third-order valence-corrected chi connectivity index (χ3v) is 4.07. The molecule has 0 atom stereocenters. The van der Waals surface area contributed by atoms with Crippen LogP contribution in [0, 0.1) is 20.8 Å². The molecule has 2 heterocycles. The number of carbonyl (C=O) groups is 1. The Hall–Kier alpha value is -3.09. The van der Waals surface area contributed by atoms with Gasteiger partial charge in [-0.2, -0.15) is 0 Å². The minimum Gasteiger partial charge on any atom is -0.361 e. The monoisotopic (exact) mass is 339 g/mol. The summed E-state index contributed by atoms with van der Waals surface area (Å²) in [7, 11) is 1.73. The van der Waals surface area contributed by atoms with E-state index in [-0.39, 0.29) is 6.03 Å². The molecule has 0 spiro atoms. The van der Waals surface area contributed by atoms with E-state index < -0.39 is 0 Å². The SMILES string of the molecule is Cc1cn(-c2ccccc2)nc1NC(=O)N(C)Cc1c(C)noc1C. The van der Waals surface area contributed by atoms with E-state index >= 15 is 0 Å². The van der Waals surface area contributed by atoms with E-state index in [1.807, 2.05) is 57.3 Å². The van der Waals surface area contributed by atoms with Gasteiger partial charge in [0.1, 0.15) is 5.76 Å². The van der Waals surface area contributed by atoms with Crippen molar-refractivity contribution in [1.29, 1.82) is 0 Å². The van der Waals surface area contributed by atoms with Gasteiger partial charge in [0.15, 0.2) is 5.82 Å². The molecular weight excluding hydrogens is 318 g/mol. The van der Waals surface area contributed by atoms with Crippen molar-refractivity contribution in [1.82, 2.24) is 19.8 Å². The average molecular weight is 339 g/mol. The first-order valence-corrected chi connectivity index (χ1v) is 8.01. The van der Waals surface area contributed by atoms with Gasteiger partial charge in [-0.05, 0) is 32.9 Å². The summed E-state index contributed by atoms with van der Waals surface area (Å²) in [5.74, 6) is 1.26. The molecule has 3 aromatic rings. The van der Waals surface area contributed by atoms with Crippen molar-refractivity contribution in [3.63, 3.8) is 0 Å². The first kappa shape index (κ1) is 16.8. The number of rotatable bonds is 4. The lowest BCUT2D eigenvalue weighted by Gasteiger charge is -2.17. The van der Waals surface area contributed by atoms with Crippen molar-refractivity contribution in [2.45, 2.75) is 27.3 Å². The number of benzene rings is 1. The topological polar surface area (TPSA) is 76.2 Å². The largest absolute Gasteiger partial charge is 0.361 e. The van der Waals surface area contributed by atoms with E-state index in [9.17, 15) is 4.79 Å². The standard InChI is InChI=1S/C18H21N5O2/c1-12-10-23(15-8-6-5-7-9-15)20-17(12)19-18(24)22(4)11-16-13(2)21-25-14(16)3/h5-10H,11H2,1-4H3,(H,19,20,24). The molecule has 1 aromatic carbocycles. The summed E-state index contributed by atoms with van der Waals surface area (Å²) in [6.45, 7) is 6.04. The number of urea groups is 1. The van der Waals surface area contributed by atoms with Crippen LogP contribution in [0.15, 0.2) is 41.1 Å². The van der Waals surface area contributed by atoms with Crippen molar-refractivity contribution in [3.8, 4) is 5.69 Å². The highest BCUT2D eigenvalue weighted by Crippen LogP contribution is 2.18. The third-order valence-electron chi connectivity index (χ3n) is 4.07. The smallest absolute Gasteiger partial charge is 0.323 e. The molecule has 0 unspecified atom stereocenters. The van der Waals surface area contributed by atoms with Gasteiger partial charge in [-0.25, -0.2) is 9.48 Å². The number of amides is 2. The Morgan fingerprint density at radius 3 is 2.60 bits per heavy atom. The highest BCUT2D eigenvalue weighted by atomic mass is 16.5. The van der Waals surface area contributed by atoms with Crippen LogP contribution in [0.1, 0.15) is 22.6 Å². The fourth-order valence-corrected chi connectivity index (χ4v) is 2.53. The fourth-order valence-electron chi connectivity index (χ4n) is 2.53. The molecule has 130 valence electrons. The normalized spacial score (nSPS) is 10.7. The Morgan fingerprint density at radius 2 is 1.96 bits per heavy atom. The van der Waals surface area contributed by atoms with Crippen LogP contribution in [0.25, 0.3) is 5.69 Å². The van der Waals surface area contributed by atoms with E-state index in [4.69, 9.17) is 4.52 Å². The number of nitrogens with one attached hydrogen (secondary N) is 1. The van der Waals surface area contributed by atoms with Crippen molar-refractivity contribution < 1.29 is 9.32 Å². The predicted molar refractivity (Wildman–Crippen MR) is 94.8 cm³/mol. The molecule has 0 saturated carbocycles. The maximum absolute atomic E-state index is 12.5. The number of aromatic nitrogens is 3. The van der Waals surface area contributed by atoms with Gasteiger partial charge in [0, 0.05) is 24.4 Å². The summed E-state index contributed by atoms with van der Waals surface area (Å²) < 4.78 is 6.89. The molecule has 7 heteroatoms. The summed E-state index contributed by atoms with van der Waals surface area (Å²) in [6.07, 6.45) is 1.89. The summed E-state index contributed by atoms with van der Waals surface area (Å²) in [5.41, 5.74) is 3.55. The second-order valence-corrected chi connectivity index (χ2v) is 6.03. The summed E-state index contributed by atoms with van der Waals surface area (Å²) in [6, 6.07) is 9.53. The van der Waals surface area contributed by atoms with Crippen LogP contribution in [0.2, 0.25) is 0 Å². The fraction of sp³-hybridized carbons (Fsp3) is 0.278. The molecule has 2 aromatic heterocycles. The zero-order valence-corrected chi connectivity index (χ0v) is 14.8. The predicted octanol–water partition coefficient (Wildman–Crippen LogP) is 3.45. The van der Waals surface area contributed by atoms with E-state index in [0.717, 1.165) is 28.3 Å². The van der Waals surface area contributed by atoms with Gasteiger partial charge in [0.05, 0.1) is 17.9 Å². The first-order valence-electron chi connectivity index (χ1n) is 8.01. The molecule has 2 amide bonds. The highest BCUT2D eigenvalue weighted by Gasteiger charge is 2.17. The lowest BCUT2D eigenvalue weighted by Crippen LogP contribution is -2.31. The van der Waals surface area contributed by atoms with Crippen molar-refractivity contribution in [2.24, 2.45) is 0 Å². The maximum Gasteiger partial charge on any atom is 0.323 e. The molecule has 3 rings (SSSR count). The highest BCUT2D eigenvalue weighted by molar-refractivity contribution is 5.88. The zero-order chi connectivity index (χ0) is 18.0. The van der Waals surface area contributed by atoms with Crippen molar-refractivity contribution in [2.75, 3.05) is 12.4 Å². The Balaban J connectivity index is 1.72. The second kappa shape index (κ2) is 6.80. The van der Waals surface area contributed by atoms with Gasteiger partial charge < -0.3 is 9.42 Å². The number of hydrogen-bond donors (Lipinski definition) is 1. The number of hydrogen-bond acceptors (Lipinski definition) is 4. The van der Waals surface area contributed by atoms with Gasteiger partial charge in [0.2, 0.25) is 0 Å². The van der Waals surface area contributed by atoms with Crippen molar-refractivity contribution in [3.05, 3.63) is 59.1 Å². The van der Waals surface area contributed by atoms with Crippen LogP contribution in [0.3, 0.4) is 0 Å². The molecule has 0 bridgehead atoms. The second-order valence-electron chi connectivity index (χ2n) is 6.03. The number of aryl methyl sites for hydroxylation is 3. The van der Waals surface area contributed by atoms with E-state index in [2.05, 4.69) is 15.6 Å². The summed E-state index contributed by atoms with van der Waals surface area (Å²) >= 11 is 0. The van der Waals surface area contributed by atoms with Crippen LogP contribution in [0.4, 0.5) is 10.6 Å². The number of anilines is 1.